The van der Waals surface area contributed by atoms with E-state index in [0.29, 0.717) is 6.61 Å². The van der Waals surface area contributed by atoms with E-state index in [1.165, 1.54) is 0 Å². The van der Waals surface area contributed by atoms with Gasteiger partial charge in [-0.2, -0.15) is 0 Å². The van der Waals surface area contributed by atoms with Gasteiger partial charge in [0.1, 0.15) is 11.5 Å². The number of nitrogens with one attached hydrogen (secondary N) is 1. The normalized spacial score (nSPS) is 11.8. The summed E-state index contributed by atoms with van der Waals surface area (Å²) in [4.78, 5) is 0. The smallest absolute Gasteiger partial charge is 0.119 e. The van der Waals surface area contributed by atoms with E-state index in [0.717, 1.165) is 22.7 Å². The summed E-state index contributed by atoms with van der Waals surface area (Å²) in [6.07, 6.45) is 0. The summed E-state index contributed by atoms with van der Waals surface area (Å²) in [6, 6.07) is 15.2. The van der Waals surface area contributed by atoms with Crippen LogP contribution in [0.1, 0.15) is 18.5 Å². The molecule has 0 saturated heterocycles. The Kier molecular flexibility index (Phi) is 5.46. The van der Waals surface area contributed by atoms with Gasteiger partial charge in [-0.25, -0.2) is 0 Å². The Labute approximate surface area is 125 Å². The highest BCUT2D eigenvalue weighted by Crippen LogP contribution is 2.23. The molecule has 2 rings (SSSR count). The van der Waals surface area contributed by atoms with Crippen molar-refractivity contribution in [2.75, 3.05) is 25.6 Å². The SMILES string of the molecule is CCOc1ccc(C(CO)Nc2ccc(OC)cc2)cc1. The quantitative estimate of drug-likeness (QED) is 0.821. The molecule has 0 bridgehead atoms. The van der Waals surface area contributed by atoms with Crippen molar-refractivity contribution in [3.8, 4) is 11.5 Å². The molecule has 0 heterocycles. The third-order valence-electron chi connectivity index (χ3n) is 3.21. The Morgan fingerprint density at radius 2 is 1.62 bits per heavy atom. The van der Waals surface area contributed by atoms with Gasteiger partial charge in [0.2, 0.25) is 0 Å². The van der Waals surface area contributed by atoms with Gasteiger partial charge >= 0.3 is 0 Å². The number of hydrogen-bond acceptors (Lipinski definition) is 4. The van der Waals surface area contributed by atoms with Crippen molar-refractivity contribution in [2.24, 2.45) is 0 Å². The van der Waals surface area contributed by atoms with Crippen LogP contribution < -0.4 is 14.8 Å². The molecule has 0 amide bonds. The summed E-state index contributed by atoms with van der Waals surface area (Å²) < 4.78 is 10.6. The lowest BCUT2D eigenvalue weighted by Crippen LogP contribution is -2.14. The Balaban J connectivity index is 2.07. The maximum absolute atomic E-state index is 9.60. The molecule has 1 unspecified atom stereocenters. The molecule has 0 radical (unpaired) electrons. The molecule has 2 aromatic rings. The number of aliphatic hydroxyl groups is 1. The summed E-state index contributed by atoms with van der Waals surface area (Å²) in [5.74, 6) is 1.64. The lowest BCUT2D eigenvalue weighted by molar-refractivity contribution is 0.276. The molecule has 2 aromatic carbocycles. The molecular formula is C17H21NO3. The maximum Gasteiger partial charge on any atom is 0.119 e. The van der Waals surface area contributed by atoms with Crippen LogP contribution in [0.15, 0.2) is 48.5 Å². The van der Waals surface area contributed by atoms with Crippen LogP contribution in [0.5, 0.6) is 11.5 Å². The zero-order valence-electron chi connectivity index (χ0n) is 12.4. The Hall–Kier alpha value is -2.20. The highest BCUT2D eigenvalue weighted by Gasteiger charge is 2.10. The summed E-state index contributed by atoms with van der Waals surface area (Å²) >= 11 is 0. The van der Waals surface area contributed by atoms with E-state index in [4.69, 9.17) is 9.47 Å². The number of hydrogen-bond donors (Lipinski definition) is 2. The average Bonchev–Trinajstić information content (AvgIpc) is 2.54. The van der Waals surface area contributed by atoms with Crippen molar-refractivity contribution in [3.05, 3.63) is 54.1 Å². The van der Waals surface area contributed by atoms with Gasteiger partial charge in [-0.15, -0.1) is 0 Å². The summed E-state index contributed by atoms with van der Waals surface area (Å²) in [5.41, 5.74) is 1.94. The molecule has 1 atom stereocenters. The second-order valence-electron chi connectivity index (χ2n) is 4.61. The van der Waals surface area contributed by atoms with Gasteiger partial charge in [0, 0.05) is 5.69 Å². The topological polar surface area (TPSA) is 50.7 Å². The van der Waals surface area contributed by atoms with Crippen LogP contribution in [0, 0.1) is 0 Å². The van der Waals surface area contributed by atoms with Gasteiger partial charge in [-0.1, -0.05) is 12.1 Å². The first-order valence-electron chi connectivity index (χ1n) is 7.01. The fourth-order valence-electron chi connectivity index (χ4n) is 2.09. The van der Waals surface area contributed by atoms with Crippen molar-refractivity contribution in [2.45, 2.75) is 13.0 Å². The minimum atomic E-state index is -0.158. The van der Waals surface area contributed by atoms with E-state index < -0.39 is 0 Å². The number of ether oxygens (including phenoxy) is 2. The molecule has 0 aromatic heterocycles. The number of anilines is 1. The Morgan fingerprint density at radius 1 is 1.00 bits per heavy atom. The Morgan fingerprint density at radius 3 is 2.14 bits per heavy atom. The molecular weight excluding hydrogens is 266 g/mol. The van der Waals surface area contributed by atoms with Crippen LogP contribution in [0.25, 0.3) is 0 Å². The fourth-order valence-corrected chi connectivity index (χ4v) is 2.09. The molecule has 4 nitrogen and oxygen atoms in total. The van der Waals surface area contributed by atoms with Crippen molar-refractivity contribution in [1.29, 1.82) is 0 Å². The van der Waals surface area contributed by atoms with Crippen LogP contribution in [0.4, 0.5) is 5.69 Å². The standard InChI is InChI=1S/C17H21NO3/c1-3-21-16-8-4-13(5-9-16)17(12-19)18-14-6-10-15(20-2)11-7-14/h4-11,17-19H,3,12H2,1-2H3. The first-order chi connectivity index (χ1) is 10.3. The molecule has 0 aliphatic carbocycles. The first-order valence-corrected chi connectivity index (χ1v) is 7.01. The summed E-state index contributed by atoms with van der Waals surface area (Å²) in [5, 5.41) is 12.9. The van der Waals surface area contributed by atoms with Crippen LogP contribution in [0.2, 0.25) is 0 Å². The van der Waals surface area contributed by atoms with E-state index in [1.54, 1.807) is 7.11 Å². The largest absolute Gasteiger partial charge is 0.497 e. The van der Waals surface area contributed by atoms with E-state index in [-0.39, 0.29) is 12.6 Å². The molecule has 0 saturated carbocycles. The fraction of sp³-hybridized carbons (Fsp3) is 0.294. The van der Waals surface area contributed by atoms with Crippen molar-refractivity contribution in [1.82, 2.24) is 0 Å². The van der Waals surface area contributed by atoms with Gasteiger partial charge in [-0.3, -0.25) is 0 Å². The van der Waals surface area contributed by atoms with Crippen molar-refractivity contribution in [3.63, 3.8) is 0 Å². The van der Waals surface area contributed by atoms with E-state index >= 15 is 0 Å². The third kappa shape index (κ3) is 4.13. The van der Waals surface area contributed by atoms with Gasteiger partial charge in [-0.05, 0) is 48.9 Å². The van der Waals surface area contributed by atoms with Crippen LogP contribution in [-0.4, -0.2) is 25.4 Å². The van der Waals surface area contributed by atoms with Gasteiger partial charge in [0.05, 0.1) is 26.4 Å². The second-order valence-corrected chi connectivity index (χ2v) is 4.61. The van der Waals surface area contributed by atoms with E-state index in [9.17, 15) is 5.11 Å². The summed E-state index contributed by atoms with van der Waals surface area (Å²) in [6.45, 7) is 2.61. The number of aliphatic hydroxyl groups excluding tert-OH is 1. The number of benzene rings is 2. The van der Waals surface area contributed by atoms with Gasteiger partial charge in [0.25, 0.3) is 0 Å². The zero-order valence-corrected chi connectivity index (χ0v) is 12.4. The number of rotatable bonds is 7. The second kappa shape index (κ2) is 7.55. The molecule has 2 N–H and O–H groups in total. The van der Waals surface area contributed by atoms with Gasteiger partial charge in [0.15, 0.2) is 0 Å². The van der Waals surface area contributed by atoms with Crippen LogP contribution in [0.3, 0.4) is 0 Å². The molecule has 0 spiro atoms. The van der Waals surface area contributed by atoms with Crippen molar-refractivity contribution >= 4 is 5.69 Å². The Bertz CT molecular complexity index is 537. The first kappa shape index (κ1) is 15.2. The molecule has 0 aliphatic rings. The molecule has 4 heteroatoms. The summed E-state index contributed by atoms with van der Waals surface area (Å²) in [7, 11) is 1.64. The van der Waals surface area contributed by atoms with E-state index in [1.807, 2.05) is 55.5 Å². The predicted molar refractivity (Wildman–Crippen MR) is 84.1 cm³/mol. The van der Waals surface area contributed by atoms with Gasteiger partial charge < -0.3 is 19.9 Å². The predicted octanol–water partition coefficient (Wildman–Crippen LogP) is 3.24. The van der Waals surface area contributed by atoms with Crippen LogP contribution in [-0.2, 0) is 0 Å². The lowest BCUT2D eigenvalue weighted by atomic mass is 10.1. The zero-order chi connectivity index (χ0) is 15.1. The minimum Gasteiger partial charge on any atom is -0.497 e. The van der Waals surface area contributed by atoms with Crippen LogP contribution >= 0.6 is 0 Å². The maximum atomic E-state index is 9.60. The molecule has 0 aliphatic heterocycles. The van der Waals surface area contributed by atoms with Crippen molar-refractivity contribution < 1.29 is 14.6 Å². The molecule has 0 fully saturated rings. The molecule has 21 heavy (non-hydrogen) atoms. The highest BCUT2D eigenvalue weighted by molar-refractivity contribution is 5.48. The highest BCUT2D eigenvalue weighted by atomic mass is 16.5. The molecule has 112 valence electrons. The van der Waals surface area contributed by atoms with E-state index in [2.05, 4.69) is 5.32 Å². The third-order valence-corrected chi connectivity index (χ3v) is 3.21. The lowest BCUT2D eigenvalue weighted by Gasteiger charge is -2.18. The number of methoxy groups -OCH3 is 1. The average molecular weight is 287 g/mol. The monoisotopic (exact) mass is 287 g/mol. The minimum absolute atomic E-state index is 0.0139.